The van der Waals surface area contributed by atoms with Crippen LogP contribution in [0.1, 0.15) is 19.4 Å². The Balaban J connectivity index is 2.14. The lowest BCUT2D eigenvalue weighted by atomic mass is 10.2. The summed E-state index contributed by atoms with van der Waals surface area (Å²) < 4.78 is 14.9. The molecular formula is C14H19FN2. The van der Waals surface area contributed by atoms with Crippen LogP contribution in [0.5, 0.6) is 0 Å². The lowest BCUT2D eigenvalue weighted by Crippen LogP contribution is -2.28. The summed E-state index contributed by atoms with van der Waals surface area (Å²) in [6, 6.07) is 6.00. The van der Waals surface area contributed by atoms with Crippen LogP contribution in [0.3, 0.4) is 0 Å². The van der Waals surface area contributed by atoms with Crippen molar-refractivity contribution in [3.05, 3.63) is 42.0 Å². The second kappa shape index (κ2) is 4.88. The zero-order valence-electron chi connectivity index (χ0n) is 10.7. The first-order valence-corrected chi connectivity index (χ1v) is 6.03. The van der Waals surface area contributed by atoms with E-state index in [-0.39, 0.29) is 5.82 Å². The monoisotopic (exact) mass is 234 g/mol. The van der Waals surface area contributed by atoms with Gasteiger partial charge in [0, 0.05) is 30.5 Å². The molecule has 2 nitrogen and oxygen atoms in total. The Hall–Kier alpha value is -1.35. The molecule has 0 unspecified atom stereocenters. The van der Waals surface area contributed by atoms with Crippen LogP contribution in [0.25, 0.3) is 5.52 Å². The molecule has 0 aliphatic carbocycles. The molecule has 17 heavy (non-hydrogen) atoms. The predicted octanol–water partition coefficient (Wildman–Crippen LogP) is 2.96. The van der Waals surface area contributed by atoms with Crippen LogP contribution < -0.4 is 0 Å². The fraction of sp³-hybridized carbons (Fsp3) is 0.429. The molecule has 0 bridgehead atoms. The Bertz CT molecular complexity index is 502. The van der Waals surface area contributed by atoms with Crippen LogP contribution in [0.4, 0.5) is 4.39 Å². The van der Waals surface area contributed by atoms with Crippen LogP contribution in [0.15, 0.2) is 30.6 Å². The maximum Gasteiger partial charge on any atom is 0.139 e. The summed E-state index contributed by atoms with van der Waals surface area (Å²) in [5, 5.41) is 0. The zero-order chi connectivity index (χ0) is 12.4. The summed E-state index contributed by atoms with van der Waals surface area (Å²) in [5.41, 5.74) is 2.38. The largest absolute Gasteiger partial charge is 0.321 e. The van der Waals surface area contributed by atoms with E-state index in [9.17, 15) is 4.39 Å². The molecule has 0 aliphatic heterocycles. The minimum Gasteiger partial charge on any atom is -0.321 e. The molecule has 0 radical (unpaired) electrons. The molecule has 0 aromatic carbocycles. The minimum absolute atomic E-state index is 0.195. The zero-order valence-corrected chi connectivity index (χ0v) is 10.7. The lowest BCUT2D eigenvalue weighted by Gasteiger charge is -2.20. The van der Waals surface area contributed by atoms with Crippen LogP contribution in [0, 0.1) is 5.82 Å². The summed E-state index contributed by atoms with van der Waals surface area (Å²) in [5.74, 6) is -0.195. The molecule has 0 spiro atoms. The number of pyridine rings is 1. The van der Waals surface area contributed by atoms with E-state index in [0.717, 1.165) is 18.5 Å². The molecule has 3 heteroatoms. The Morgan fingerprint density at radius 1 is 1.29 bits per heavy atom. The third-order valence-electron chi connectivity index (χ3n) is 3.32. The summed E-state index contributed by atoms with van der Waals surface area (Å²) in [7, 11) is 2.13. The third-order valence-corrected chi connectivity index (χ3v) is 3.32. The van der Waals surface area contributed by atoms with Crippen molar-refractivity contribution in [1.82, 2.24) is 9.30 Å². The maximum absolute atomic E-state index is 13.0. The third kappa shape index (κ3) is 2.67. The van der Waals surface area contributed by atoms with Crippen molar-refractivity contribution in [2.24, 2.45) is 0 Å². The van der Waals surface area contributed by atoms with Crippen molar-refractivity contribution in [1.29, 1.82) is 0 Å². The van der Waals surface area contributed by atoms with E-state index >= 15 is 0 Å². The van der Waals surface area contributed by atoms with Gasteiger partial charge in [0.2, 0.25) is 0 Å². The van der Waals surface area contributed by atoms with Crippen LogP contribution in [-0.4, -0.2) is 28.9 Å². The average molecular weight is 234 g/mol. The number of halogens is 1. The Labute approximate surface area is 102 Å². The van der Waals surface area contributed by atoms with Crippen molar-refractivity contribution in [3.63, 3.8) is 0 Å². The molecule has 92 valence electrons. The van der Waals surface area contributed by atoms with E-state index in [0.29, 0.717) is 6.04 Å². The van der Waals surface area contributed by atoms with Crippen molar-refractivity contribution in [2.75, 3.05) is 13.6 Å². The van der Waals surface area contributed by atoms with E-state index in [1.54, 1.807) is 0 Å². The molecule has 2 rings (SSSR count). The first-order valence-electron chi connectivity index (χ1n) is 6.03. The number of hydrogen-bond donors (Lipinski definition) is 0. The highest BCUT2D eigenvalue weighted by Crippen LogP contribution is 2.14. The predicted molar refractivity (Wildman–Crippen MR) is 68.8 cm³/mol. The fourth-order valence-corrected chi connectivity index (χ4v) is 1.91. The van der Waals surface area contributed by atoms with Crippen molar-refractivity contribution in [3.8, 4) is 0 Å². The van der Waals surface area contributed by atoms with Gasteiger partial charge in [-0.3, -0.25) is 0 Å². The molecule has 2 aromatic heterocycles. The smallest absolute Gasteiger partial charge is 0.139 e. The number of hydrogen-bond acceptors (Lipinski definition) is 1. The lowest BCUT2D eigenvalue weighted by molar-refractivity contribution is 0.278. The molecule has 0 N–H and O–H groups in total. The molecular weight excluding hydrogens is 215 g/mol. The first-order chi connectivity index (χ1) is 8.08. The van der Waals surface area contributed by atoms with Crippen molar-refractivity contribution >= 4 is 5.52 Å². The van der Waals surface area contributed by atoms with Gasteiger partial charge in [-0.2, -0.15) is 0 Å². The van der Waals surface area contributed by atoms with Crippen molar-refractivity contribution in [2.45, 2.75) is 26.3 Å². The standard InChI is InChI=1S/C14H19FN2/c1-11(2)16(3)8-6-12-7-9-17-10-13(15)4-5-14(12)17/h4-5,7,9-11H,6,8H2,1-3H3. The molecule has 0 saturated heterocycles. The minimum atomic E-state index is -0.195. The van der Waals surface area contributed by atoms with Gasteiger partial charge in [0.15, 0.2) is 0 Å². The van der Waals surface area contributed by atoms with Crippen LogP contribution in [-0.2, 0) is 6.42 Å². The average Bonchev–Trinajstić information content (AvgIpc) is 2.67. The van der Waals surface area contributed by atoms with Gasteiger partial charge in [0.25, 0.3) is 0 Å². The summed E-state index contributed by atoms with van der Waals surface area (Å²) in [4.78, 5) is 2.31. The molecule has 0 aliphatic rings. The van der Waals surface area contributed by atoms with E-state index in [1.165, 1.54) is 17.8 Å². The van der Waals surface area contributed by atoms with Gasteiger partial charge in [-0.15, -0.1) is 0 Å². The number of aromatic nitrogens is 1. The molecule has 0 fully saturated rings. The molecule has 2 heterocycles. The Morgan fingerprint density at radius 2 is 2.06 bits per heavy atom. The van der Waals surface area contributed by atoms with Gasteiger partial charge in [-0.1, -0.05) is 0 Å². The SMILES string of the molecule is CC(C)N(C)CCc1ccn2cc(F)ccc12. The summed E-state index contributed by atoms with van der Waals surface area (Å²) in [6.07, 6.45) is 4.44. The van der Waals surface area contributed by atoms with E-state index in [2.05, 4.69) is 31.9 Å². The first kappa shape index (κ1) is 12.1. The molecule has 0 amide bonds. The maximum atomic E-state index is 13.0. The normalized spacial score (nSPS) is 11.9. The fourth-order valence-electron chi connectivity index (χ4n) is 1.91. The molecule has 2 aromatic rings. The van der Waals surface area contributed by atoms with Gasteiger partial charge in [-0.25, -0.2) is 4.39 Å². The summed E-state index contributed by atoms with van der Waals surface area (Å²) in [6.45, 7) is 5.40. The van der Waals surface area contributed by atoms with E-state index < -0.39 is 0 Å². The summed E-state index contributed by atoms with van der Waals surface area (Å²) >= 11 is 0. The van der Waals surface area contributed by atoms with Gasteiger partial charge >= 0.3 is 0 Å². The highest BCUT2D eigenvalue weighted by molar-refractivity contribution is 5.55. The quantitative estimate of drug-likeness (QED) is 0.789. The highest BCUT2D eigenvalue weighted by Gasteiger charge is 2.06. The second-order valence-electron chi connectivity index (χ2n) is 4.81. The van der Waals surface area contributed by atoms with Gasteiger partial charge in [-0.05, 0) is 51.1 Å². The van der Waals surface area contributed by atoms with Crippen molar-refractivity contribution < 1.29 is 4.39 Å². The number of likely N-dealkylation sites (N-methyl/N-ethyl adjacent to an activating group) is 1. The van der Waals surface area contributed by atoms with Gasteiger partial charge in [0.05, 0.1) is 0 Å². The number of rotatable bonds is 4. The van der Waals surface area contributed by atoms with E-state index in [1.807, 2.05) is 16.7 Å². The van der Waals surface area contributed by atoms with Gasteiger partial charge < -0.3 is 9.30 Å². The Morgan fingerprint density at radius 3 is 2.76 bits per heavy atom. The van der Waals surface area contributed by atoms with Crippen LogP contribution >= 0.6 is 0 Å². The van der Waals surface area contributed by atoms with Crippen LogP contribution in [0.2, 0.25) is 0 Å². The second-order valence-corrected chi connectivity index (χ2v) is 4.81. The van der Waals surface area contributed by atoms with E-state index in [4.69, 9.17) is 0 Å². The number of fused-ring (bicyclic) bond motifs is 1. The molecule has 0 saturated carbocycles. The highest BCUT2D eigenvalue weighted by atomic mass is 19.1. The molecule has 0 atom stereocenters. The van der Waals surface area contributed by atoms with Gasteiger partial charge in [0.1, 0.15) is 5.82 Å². The number of nitrogens with zero attached hydrogens (tertiary/aromatic N) is 2. The topological polar surface area (TPSA) is 7.65 Å². The Kier molecular flexibility index (Phi) is 3.48.